The van der Waals surface area contributed by atoms with Crippen molar-refractivity contribution in [1.82, 2.24) is 14.8 Å². The van der Waals surface area contributed by atoms with Crippen LogP contribution in [-0.2, 0) is 9.59 Å². The standard InChI is InChI=1S/C30H40N2O2S2.C14H8N2O2S2/c1-5-9-13-21(7-3)19-31-27(23-15-11-17-35-23)25-26(29(31)33)28(24-16-12-18-36-24)32(30(25)34)20-22(8-4)14-10-6-2;17-13-9-10(12(16-13)8-4-2-6-20-8)14(18)15-11(9)7-3-1-5-19-7/h11-12,15-18,21-22H,5-10,13-14,19-20H2,1-4H3;1-6,15,18H. The molecule has 2 atom stereocenters. The molecule has 292 valence electrons. The summed E-state index contributed by atoms with van der Waals surface area (Å²) in [6, 6.07) is 15.7. The average Bonchev–Trinajstić information content (AvgIpc) is 4.05. The molecule has 5 aromatic rings. The van der Waals surface area contributed by atoms with E-state index in [1.807, 2.05) is 67.7 Å². The van der Waals surface area contributed by atoms with Gasteiger partial charge in [0.2, 0.25) is 0 Å². The number of carbonyl (C=O) groups excluding carboxylic acids is 3. The molecule has 0 fully saturated rings. The number of carbonyl (C=O) groups is 3. The maximum atomic E-state index is 14.2. The molecule has 0 aliphatic carbocycles. The number of thiophene rings is 4. The molecule has 0 bridgehead atoms. The molecule has 0 radical (unpaired) electrons. The Morgan fingerprint density at radius 2 is 1.09 bits per heavy atom. The largest absolute Gasteiger partial charge is 0.494 e. The van der Waals surface area contributed by atoms with Crippen LogP contribution < -0.4 is 0 Å². The number of unbranched alkanes of at least 4 members (excludes halogenated alkanes) is 2. The minimum absolute atomic E-state index is 0.00130. The average molecular weight is 825 g/mol. The molecule has 3 aliphatic rings. The topological polar surface area (TPSA) is 106 Å². The normalized spacial score (nSPS) is 16.1. The van der Waals surface area contributed by atoms with Crippen molar-refractivity contribution >= 4 is 80.2 Å². The molecule has 56 heavy (non-hydrogen) atoms. The first-order valence-corrected chi connectivity index (χ1v) is 23.2. The highest BCUT2D eigenvalue weighted by Crippen LogP contribution is 2.49. The lowest BCUT2D eigenvalue weighted by molar-refractivity contribution is -0.124. The van der Waals surface area contributed by atoms with Gasteiger partial charge >= 0.3 is 0 Å². The van der Waals surface area contributed by atoms with Crippen molar-refractivity contribution in [3.05, 3.63) is 107 Å². The van der Waals surface area contributed by atoms with Gasteiger partial charge in [0.05, 0.1) is 64.6 Å². The van der Waals surface area contributed by atoms with E-state index in [1.165, 1.54) is 22.7 Å². The summed E-state index contributed by atoms with van der Waals surface area (Å²) in [5.74, 6) is 0.566. The SMILES string of the molecule is CCCCC(CC)CN1C(=O)C2=C(c3cccs3)N(CC(CC)CCCC)C(=O)C2=C1c1cccs1.O=C1N=C(c2cccs2)c2c(O)[nH]c(-c3cccs3)c21. The molecule has 12 heteroatoms. The van der Waals surface area contributed by atoms with Crippen molar-refractivity contribution in [2.45, 2.75) is 79.1 Å². The lowest BCUT2D eigenvalue weighted by atomic mass is 9.98. The van der Waals surface area contributed by atoms with Crippen LogP contribution >= 0.6 is 45.3 Å². The number of nitrogens with zero attached hydrogens (tertiary/aromatic N) is 3. The first kappa shape index (κ1) is 39.9. The van der Waals surface area contributed by atoms with Crippen molar-refractivity contribution in [1.29, 1.82) is 0 Å². The Kier molecular flexibility index (Phi) is 12.7. The van der Waals surface area contributed by atoms with Crippen LogP contribution in [-0.4, -0.2) is 56.4 Å². The number of hydrogen-bond acceptors (Lipinski definition) is 8. The molecule has 8 nitrogen and oxygen atoms in total. The molecule has 0 saturated carbocycles. The number of aliphatic imine (C=N–C) groups is 1. The molecule has 8 heterocycles. The molecular formula is C44H48N4O4S4. The summed E-state index contributed by atoms with van der Waals surface area (Å²) in [6.45, 7) is 10.2. The van der Waals surface area contributed by atoms with E-state index in [1.54, 1.807) is 22.7 Å². The van der Waals surface area contributed by atoms with Gasteiger partial charge in [0.15, 0.2) is 5.88 Å². The van der Waals surface area contributed by atoms with Crippen LogP contribution in [0.15, 0.2) is 86.2 Å². The van der Waals surface area contributed by atoms with Gasteiger partial charge in [-0.15, -0.1) is 45.3 Å². The van der Waals surface area contributed by atoms with E-state index in [0.717, 1.165) is 82.3 Å². The highest BCUT2D eigenvalue weighted by atomic mass is 32.1. The Balaban J connectivity index is 0.000000201. The second-order valence-corrected chi connectivity index (χ2v) is 18.2. The third kappa shape index (κ3) is 7.68. The zero-order valence-corrected chi connectivity index (χ0v) is 35.6. The van der Waals surface area contributed by atoms with Crippen molar-refractivity contribution < 1.29 is 19.5 Å². The van der Waals surface area contributed by atoms with Gasteiger partial charge in [0.25, 0.3) is 17.7 Å². The molecule has 2 N–H and O–H groups in total. The Hall–Kier alpha value is -4.36. The Morgan fingerprint density at radius 1 is 0.643 bits per heavy atom. The fourth-order valence-corrected chi connectivity index (χ4v) is 10.8. The van der Waals surface area contributed by atoms with Crippen LogP contribution in [0.1, 0.15) is 110 Å². The van der Waals surface area contributed by atoms with Crippen LogP contribution in [0.25, 0.3) is 22.0 Å². The van der Waals surface area contributed by atoms with Gasteiger partial charge < -0.3 is 19.9 Å². The number of aromatic nitrogens is 1. The van der Waals surface area contributed by atoms with E-state index >= 15 is 0 Å². The van der Waals surface area contributed by atoms with E-state index in [2.05, 4.69) is 49.8 Å². The number of amides is 3. The summed E-state index contributed by atoms with van der Waals surface area (Å²) in [5, 5.41) is 18.1. The second kappa shape index (κ2) is 17.8. The summed E-state index contributed by atoms with van der Waals surface area (Å²) < 4.78 is 0. The highest BCUT2D eigenvalue weighted by molar-refractivity contribution is 7.13. The summed E-state index contributed by atoms with van der Waals surface area (Å²) in [7, 11) is 0. The first-order valence-electron chi connectivity index (χ1n) is 19.7. The molecule has 3 amide bonds. The predicted octanol–water partition coefficient (Wildman–Crippen LogP) is 11.6. The van der Waals surface area contributed by atoms with Crippen LogP contribution in [0.2, 0.25) is 0 Å². The number of H-pyrrole nitrogens is 1. The molecule has 3 aliphatic heterocycles. The van der Waals surface area contributed by atoms with Crippen molar-refractivity contribution in [3.63, 3.8) is 0 Å². The van der Waals surface area contributed by atoms with Gasteiger partial charge in [-0.2, -0.15) is 0 Å². The number of nitrogens with one attached hydrogen (secondary N) is 1. The second-order valence-electron chi connectivity index (χ2n) is 14.4. The van der Waals surface area contributed by atoms with E-state index in [4.69, 9.17) is 0 Å². The number of rotatable bonds is 16. The fourth-order valence-electron chi connectivity index (χ4n) is 7.78. The van der Waals surface area contributed by atoms with E-state index in [0.29, 0.717) is 58.6 Å². The summed E-state index contributed by atoms with van der Waals surface area (Å²) in [4.78, 5) is 55.3. The lowest BCUT2D eigenvalue weighted by Gasteiger charge is -2.29. The molecule has 0 aromatic carbocycles. The maximum absolute atomic E-state index is 14.2. The molecule has 5 aromatic heterocycles. The monoisotopic (exact) mass is 824 g/mol. The fraction of sp³-hybridized carbons (Fsp3) is 0.364. The zero-order valence-electron chi connectivity index (χ0n) is 32.3. The number of aromatic amines is 1. The Morgan fingerprint density at radius 3 is 1.50 bits per heavy atom. The number of aromatic hydroxyl groups is 1. The quantitative estimate of drug-likeness (QED) is 0.103. The highest BCUT2D eigenvalue weighted by Gasteiger charge is 2.49. The van der Waals surface area contributed by atoms with Gasteiger partial charge in [0.1, 0.15) is 0 Å². The van der Waals surface area contributed by atoms with Gasteiger partial charge in [0, 0.05) is 13.1 Å². The van der Waals surface area contributed by atoms with Gasteiger partial charge in [-0.1, -0.05) is 90.5 Å². The Bertz CT molecular complexity index is 2150. The Labute approximate surface area is 344 Å². The summed E-state index contributed by atoms with van der Waals surface area (Å²) in [5.41, 5.74) is 5.10. The summed E-state index contributed by atoms with van der Waals surface area (Å²) in [6.07, 6.45) is 8.91. The maximum Gasteiger partial charge on any atom is 0.280 e. The third-order valence-corrected chi connectivity index (χ3v) is 14.3. The lowest BCUT2D eigenvalue weighted by Crippen LogP contribution is -2.34. The molecule has 8 rings (SSSR count). The van der Waals surface area contributed by atoms with Gasteiger partial charge in [-0.3, -0.25) is 14.4 Å². The minimum atomic E-state index is -0.302. The molecule has 0 spiro atoms. The first-order chi connectivity index (χ1) is 27.3. The van der Waals surface area contributed by atoms with Crippen LogP contribution in [0, 0.1) is 11.8 Å². The predicted molar refractivity (Wildman–Crippen MR) is 233 cm³/mol. The molecular weight excluding hydrogens is 777 g/mol. The minimum Gasteiger partial charge on any atom is -0.494 e. The number of hydrogen-bond donors (Lipinski definition) is 2. The van der Waals surface area contributed by atoms with E-state index < -0.39 is 0 Å². The van der Waals surface area contributed by atoms with Crippen molar-refractivity contribution in [2.75, 3.05) is 13.1 Å². The smallest absolute Gasteiger partial charge is 0.280 e. The zero-order chi connectivity index (χ0) is 39.3. The molecule has 0 saturated heterocycles. The van der Waals surface area contributed by atoms with Crippen LogP contribution in [0.3, 0.4) is 0 Å². The third-order valence-electron chi connectivity index (χ3n) is 10.8. The number of fused-ring (bicyclic) bond motifs is 2. The van der Waals surface area contributed by atoms with Crippen LogP contribution in [0.4, 0.5) is 0 Å². The summed E-state index contributed by atoms with van der Waals surface area (Å²) >= 11 is 6.24. The van der Waals surface area contributed by atoms with Crippen molar-refractivity contribution in [3.8, 4) is 16.5 Å². The van der Waals surface area contributed by atoms with E-state index in [-0.39, 0.29) is 23.6 Å². The van der Waals surface area contributed by atoms with E-state index in [9.17, 15) is 19.5 Å². The van der Waals surface area contributed by atoms with Gasteiger partial charge in [-0.25, -0.2) is 4.99 Å². The van der Waals surface area contributed by atoms with Crippen molar-refractivity contribution in [2.24, 2.45) is 16.8 Å². The van der Waals surface area contributed by atoms with Crippen LogP contribution in [0.5, 0.6) is 5.88 Å². The molecule has 2 unspecified atom stereocenters. The van der Waals surface area contributed by atoms with Gasteiger partial charge in [-0.05, 0) is 70.5 Å².